The van der Waals surface area contributed by atoms with E-state index in [1.807, 2.05) is 59.3 Å². The highest BCUT2D eigenvalue weighted by molar-refractivity contribution is 7.89. The van der Waals surface area contributed by atoms with Crippen LogP contribution in [0.2, 0.25) is 0 Å². The van der Waals surface area contributed by atoms with Crippen molar-refractivity contribution in [3.63, 3.8) is 0 Å². The first-order chi connectivity index (χ1) is 13.0. The molecule has 0 spiro atoms. The minimum atomic E-state index is -3.64. The van der Waals surface area contributed by atoms with Crippen molar-refractivity contribution in [2.45, 2.75) is 17.5 Å². The third kappa shape index (κ3) is 3.83. The van der Waals surface area contributed by atoms with Gasteiger partial charge in [-0.3, -0.25) is 0 Å². The van der Waals surface area contributed by atoms with Crippen LogP contribution in [0.4, 0.5) is 0 Å². The molecule has 2 aromatic heterocycles. The number of fused-ring (bicyclic) bond motifs is 1. The van der Waals surface area contributed by atoms with E-state index in [2.05, 4.69) is 4.72 Å². The molecule has 0 aliphatic rings. The van der Waals surface area contributed by atoms with Crippen molar-refractivity contribution in [1.82, 2.24) is 4.72 Å². The maximum Gasteiger partial charge on any atom is 0.241 e. The molecule has 2 N–H and O–H groups in total. The molecule has 0 saturated heterocycles. The third-order valence-electron chi connectivity index (χ3n) is 4.29. The molecular formula is C20H17NO3S3. The molecular weight excluding hydrogens is 398 g/mol. The van der Waals surface area contributed by atoms with E-state index in [-0.39, 0.29) is 11.4 Å². The van der Waals surface area contributed by atoms with Crippen LogP contribution >= 0.6 is 22.7 Å². The van der Waals surface area contributed by atoms with Crippen molar-refractivity contribution in [1.29, 1.82) is 0 Å². The number of thiophene rings is 2. The summed E-state index contributed by atoms with van der Waals surface area (Å²) < 4.78 is 28.3. The van der Waals surface area contributed by atoms with Gasteiger partial charge in [0.25, 0.3) is 0 Å². The second-order valence-electron chi connectivity index (χ2n) is 6.07. The summed E-state index contributed by atoms with van der Waals surface area (Å²) in [7, 11) is -3.64. The van der Waals surface area contributed by atoms with Gasteiger partial charge in [-0.05, 0) is 46.0 Å². The highest BCUT2D eigenvalue weighted by Crippen LogP contribution is 2.30. The Balaban J connectivity index is 1.53. The smallest absolute Gasteiger partial charge is 0.241 e. The second-order valence-corrected chi connectivity index (χ2v) is 9.78. The maximum absolute atomic E-state index is 12.8. The number of benzene rings is 2. The van der Waals surface area contributed by atoms with Gasteiger partial charge < -0.3 is 5.11 Å². The number of rotatable bonds is 6. The molecule has 27 heavy (non-hydrogen) atoms. The van der Waals surface area contributed by atoms with Crippen LogP contribution in [-0.4, -0.2) is 13.5 Å². The van der Waals surface area contributed by atoms with Gasteiger partial charge in [0.15, 0.2) is 0 Å². The summed E-state index contributed by atoms with van der Waals surface area (Å²) in [6.45, 7) is 0.187. The minimum absolute atomic E-state index is 0.187. The van der Waals surface area contributed by atoms with Crippen LogP contribution in [0.1, 0.15) is 21.4 Å². The van der Waals surface area contributed by atoms with Crippen LogP contribution in [0, 0.1) is 0 Å². The van der Waals surface area contributed by atoms with Crippen LogP contribution in [0.5, 0.6) is 0 Å². The molecule has 0 saturated carbocycles. The summed E-state index contributed by atoms with van der Waals surface area (Å²) in [4.78, 5) is 1.92. The van der Waals surface area contributed by atoms with Crippen LogP contribution in [-0.2, 0) is 16.6 Å². The molecule has 0 radical (unpaired) electrons. The van der Waals surface area contributed by atoms with Crippen molar-refractivity contribution in [2.75, 3.05) is 0 Å². The Hall–Kier alpha value is -2.03. The number of nitrogens with one attached hydrogen (secondary N) is 1. The average molecular weight is 416 g/mol. The van der Waals surface area contributed by atoms with Crippen LogP contribution in [0.25, 0.3) is 10.8 Å². The van der Waals surface area contributed by atoms with E-state index in [1.165, 1.54) is 22.7 Å². The largest absolute Gasteiger partial charge is 0.383 e. The zero-order valence-electron chi connectivity index (χ0n) is 14.2. The zero-order chi connectivity index (χ0) is 18.9. The Bertz CT molecular complexity index is 1160. The normalized spacial score (nSPS) is 13.1. The summed E-state index contributed by atoms with van der Waals surface area (Å²) in [5.74, 6) is 0. The van der Waals surface area contributed by atoms with Crippen molar-refractivity contribution in [2.24, 2.45) is 0 Å². The first-order valence-electron chi connectivity index (χ1n) is 8.31. The van der Waals surface area contributed by atoms with Gasteiger partial charge in [-0.1, -0.05) is 36.4 Å². The lowest BCUT2D eigenvalue weighted by Gasteiger charge is -2.09. The fourth-order valence-corrected chi connectivity index (χ4v) is 5.88. The van der Waals surface area contributed by atoms with Crippen molar-refractivity contribution < 1.29 is 13.5 Å². The summed E-state index contributed by atoms with van der Waals surface area (Å²) in [5.41, 5.74) is 0.852. The summed E-state index contributed by atoms with van der Waals surface area (Å²) in [5, 5.41) is 15.8. The van der Waals surface area contributed by atoms with Gasteiger partial charge >= 0.3 is 0 Å². The number of aliphatic hydroxyl groups is 1. The highest BCUT2D eigenvalue weighted by Gasteiger charge is 2.18. The van der Waals surface area contributed by atoms with Crippen LogP contribution in [0.3, 0.4) is 0 Å². The summed E-state index contributed by atoms with van der Waals surface area (Å²) >= 11 is 2.94. The highest BCUT2D eigenvalue weighted by atomic mass is 32.2. The van der Waals surface area contributed by atoms with E-state index in [4.69, 9.17) is 0 Å². The van der Waals surface area contributed by atoms with Gasteiger partial charge in [0.05, 0.1) is 4.90 Å². The molecule has 7 heteroatoms. The predicted molar refractivity (Wildman–Crippen MR) is 111 cm³/mol. The Morgan fingerprint density at radius 1 is 1.00 bits per heavy atom. The average Bonchev–Trinajstić information content (AvgIpc) is 3.37. The van der Waals surface area contributed by atoms with Crippen molar-refractivity contribution in [3.8, 4) is 0 Å². The molecule has 138 valence electrons. The SMILES string of the molecule is O=S(=O)(NCc1ccc(C(O)c2ccsc2)s1)c1cccc2ccccc12. The lowest BCUT2D eigenvalue weighted by molar-refractivity contribution is 0.224. The van der Waals surface area contributed by atoms with Gasteiger partial charge in [-0.2, -0.15) is 11.3 Å². The van der Waals surface area contributed by atoms with E-state index in [9.17, 15) is 13.5 Å². The van der Waals surface area contributed by atoms with E-state index < -0.39 is 16.1 Å². The van der Waals surface area contributed by atoms with E-state index in [1.54, 1.807) is 12.1 Å². The molecule has 2 heterocycles. The van der Waals surface area contributed by atoms with Crippen molar-refractivity contribution >= 4 is 43.5 Å². The zero-order valence-corrected chi connectivity index (χ0v) is 16.7. The molecule has 0 amide bonds. The Kier molecular flexibility index (Phi) is 5.12. The quantitative estimate of drug-likeness (QED) is 0.486. The number of aliphatic hydroxyl groups excluding tert-OH is 1. The second kappa shape index (κ2) is 7.53. The lowest BCUT2D eigenvalue weighted by Crippen LogP contribution is -2.23. The van der Waals surface area contributed by atoms with E-state index in [0.717, 1.165) is 20.7 Å². The topological polar surface area (TPSA) is 66.4 Å². The third-order valence-corrected chi connectivity index (χ3v) is 7.58. The Morgan fingerprint density at radius 2 is 1.81 bits per heavy atom. The first kappa shape index (κ1) is 18.3. The van der Waals surface area contributed by atoms with Gasteiger partial charge in [0.1, 0.15) is 6.10 Å². The Labute approximate surface area is 165 Å². The fraction of sp³-hybridized carbons (Fsp3) is 0.100. The molecule has 0 aliphatic heterocycles. The standard InChI is InChI=1S/C20H17NO3S3/c22-20(15-10-11-25-13-15)18-9-8-16(26-18)12-21-27(23,24)19-7-3-5-14-4-1-2-6-17(14)19/h1-11,13,20-22H,12H2. The Morgan fingerprint density at radius 3 is 2.63 bits per heavy atom. The molecule has 4 aromatic rings. The van der Waals surface area contributed by atoms with Crippen LogP contribution < -0.4 is 4.72 Å². The summed E-state index contributed by atoms with van der Waals surface area (Å²) in [6.07, 6.45) is -0.676. The molecule has 4 nitrogen and oxygen atoms in total. The number of hydrogen-bond acceptors (Lipinski definition) is 5. The fourth-order valence-electron chi connectivity index (χ4n) is 2.91. The lowest BCUT2D eigenvalue weighted by atomic mass is 10.1. The monoisotopic (exact) mass is 415 g/mol. The molecule has 4 rings (SSSR count). The number of hydrogen-bond donors (Lipinski definition) is 2. The summed E-state index contributed by atoms with van der Waals surface area (Å²) in [6, 6.07) is 18.3. The van der Waals surface area contributed by atoms with Gasteiger partial charge in [0, 0.05) is 21.7 Å². The maximum atomic E-state index is 12.8. The van der Waals surface area contributed by atoms with Crippen molar-refractivity contribution in [3.05, 3.63) is 86.7 Å². The molecule has 1 atom stereocenters. The molecule has 0 bridgehead atoms. The van der Waals surface area contributed by atoms with E-state index >= 15 is 0 Å². The molecule has 2 aromatic carbocycles. The van der Waals surface area contributed by atoms with Crippen LogP contribution in [0.15, 0.2) is 76.3 Å². The van der Waals surface area contributed by atoms with Gasteiger partial charge in [-0.15, -0.1) is 11.3 Å². The van der Waals surface area contributed by atoms with Gasteiger partial charge in [0.2, 0.25) is 10.0 Å². The predicted octanol–water partition coefficient (Wildman–Crippen LogP) is 4.52. The van der Waals surface area contributed by atoms with Gasteiger partial charge in [-0.25, -0.2) is 13.1 Å². The molecule has 0 fully saturated rings. The first-order valence-corrected chi connectivity index (χ1v) is 11.5. The minimum Gasteiger partial charge on any atom is -0.383 e. The molecule has 1 unspecified atom stereocenters. The molecule has 0 aliphatic carbocycles. The van der Waals surface area contributed by atoms with E-state index in [0.29, 0.717) is 5.39 Å². The number of sulfonamides is 1.